The molecule has 0 amide bonds. The number of unbranched alkanes of at least 4 members (excludes halogenated alkanes) is 4. The molecule has 4 heteroatoms. The van der Waals surface area contributed by atoms with Crippen molar-refractivity contribution in [1.82, 2.24) is 9.34 Å². The summed E-state index contributed by atoms with van der Waals surface area (Å²) < 4.78 is 17.8. The van der Waals surface area contributed by atoms with Gasteiger partial charge in [0.15, 0.2) is 0 Å². The third kappa shape index (κ3) is 5.97. The summed E-state index contributed by atoms with van der Waals surface area (Å²) in [6.45, 7) is 14.3. The molecule has 0 atom stereocenters. The molecule has 0 spiro atoms. The summed E-state index contributed by atoms with van der Waals surface area (Å²) in [6, 6.07) is 0. The highest BCUT2D eigenvalue weighted by Crippen LogP contribution is 2.53. The standard InChI is InChI=1S/C15H35N2OP/c1-6-11-12-13-14-15-19(18,16(7-2)8-3)17(9-4)10-5/h6-15H2,1-5H3. The van der Waals surface area contributed by atoms with E-state index in [4.69, 9.17) is 0 Å². The molecular formula is C15H35N2OP. The van der Waals surface area contributed by atoms with Gasteiger partial charge in [-0.25, -0.2) is 9.34 Å². The molecule has 0 aliphatic rings. The summed E-state index contributed by atoms with van der Waals surface area (Å²) in [6.07, 6.45) is 7.04. The first-order valence-corrected chi connectivity index (χ1v) is 10.00. The predicted octanol–water partition coefficient (Wildman–Crippen LogP) is 4.83. The first-order valence-electron chi connectivity index (χ1n) is 8.20. The van der Waals surface area contributed by atoms with Crippen LogP contribution in [0.5, 0.6) is 0 Å². The topological polar surface area (TPSA) is 23.6 Å². The fraction of sp³-hybridized carbons (Fsp3) is 1.00. The van der Waals surface area contributed by atoms with Crippen molar-refractivity contribution in [2.75, 3.05) is 32.3 Å². The Morgan fingerprint density at radius 2 is 1.11 bits per heavy atom. The average Bonchev–Trinajstić information content (AvgIpc) is 2.41. The lowest BCUT2D eigenvalue weighted by molar-refractivity contribution is 0.357. The van der Waals surface area contributed by atoms with Crippen LogP contribution in [0, 0.1) is 0 Å². The van der Waals surface area contributed by atoms with Gasteiger partial charge in [-0.05, 0) is 6.42 Å². The van der Waals surface area contributed by atoms with Crippen molar-refractivity contribution >= 4 is 7.44 Å². The molecule has 0 aromatic carbocycles. The maximum atomic E-state index is 13.4. The van der Waals surface area contributed by atoms with E-state index in [0.29, 0.717) is 0 Å². The monoisotopic (exact) mass is 290 g/mol. The van der Waals surface area contributed by atoms with Crippen LogP contribution >= 0.6 is 7.44 Å². The number of hydrogen-bond acceptors (Lipinski definition) is 1. The molecule has 116 valence electrons. The van der Waals surface area contributed by atoms with Crippen LogP contribution in [0.2, 0.25) is 0 Å². The summed E-state index contributed by atoms with van der Waals surface area (Å²) >= 11 is 0. The summed E-state index contributed by atoms with van der Waals surface area (Å²) in [5.74, 6) is 0. The van der Waals surface area contributed by atoms with Crippen molar-refractivity contribution in [3.8, 4) is 0 Å². The van der Waals surface area contributed by atoms with Gasteiger partial charge in [0.25, 0.3) is 0 Å². The van der Waals surface area contributed by atoms with Crippen LogP contribution in [-0.2, 0) is 4.57 Å². The van der Waals surface area contributed by atoms with E-state index >= 15 is 0 Å². The van der Waals surface area contributed by atoms with Crippen LogP contribution in [0.4, 0.5) is 0 Å². The Morgan fingerprint density at radius 3 is 1.47 bits per heavy atom. The minimum absolute atomic E-state index is 0.861. The Labute approximate surface area is 121 Å². The van der Waals surface area contributed by atoms with E-state index in [1.807, 2.05) is 0 Å². The summed E-state index contributed by atoms with van der Waals surface area (Å²) in [5.41, 5.74) is 0. The van der Waals surface area contributed by atoms with E-state index in [-0.39, 0.29) is 0 Å². The SMILES string of the molecule is CCCCCCCP(=O)(N(CC)CC)N(CC)CC. The van der Waals surface area contributed by atoms with E-state index in [1.165, 1.54) is 25.7 Å². The Bertz CT molecular complexity index is 235. The third-order valence-corrected chi connectivity index (χ3v) is 7.70. The average molecular weight is 290 g/mol. The van der Waals surface area contributed by atoms with Crippen molar-refractivity contribution in [3.63, 3.8) is 0 Å². The van der Waals surface area contributed by atoms with Gasteiger partial charge in [0.2, 0.25) is 7.44 Å². The minimum Gasteiger partial charge on any atom is -0.289 e. The molecule has 19 heavy (non-hydrogen) atoms. The van der Waals surface area contributed by atoms with E-state index in [2.05, 4.69) is 44.0 Å². The molecule has 3 nitrogen and oxygen atoms in total. The first kappa shape index (κ1) is 19.1. The molecule has 0 bridgehead atoms. The van der Waals surface area contributed by atoms with Crippen molar-refractivity contribution < 1.29 is 4.57 Å². The number of nitrogens with zero attached hydrogens (tertiary/aromatic N) is 2. The summed E-state index contributed by atoms with van der Waals surface area (Å²) in [5, 5.41) is 0. The van der Waals surface area contributed by atoms with E-state index < -0.39 is 7.44 Å². The quantitative estimate of drug-likeness (QED) is 0.380. The molecule has 0 aliphatic heterocycles. The van der Waals surface area contributed by atoms with Crippen LogP contribution in [-0.4, -0.2) is 41.7 Å². The van der Waals surface area contributed by atoms with Crippen LogP contribution in [0.15, 0.2) is 0 Å². The molecular weight excluding hydrogens is 255 g/mol. The minimum atomic E-state index is -2.32. The molecule has 0 N–H and O–H groups in total. The second kappa shape index (κ2) is 10.9. The van der Waals surface area contributed by atoms with Crippen molar-refractivity contribution in [2.45, 2.75) is 66.7 Å². The number of hydrogen-bond donors (Lipinski definition) is 0. The largest absolute Gasteiger partial charge is 0.289 e. The van der Waals surface area contributed by atoms with Gasteiger partial charge >= 0.3 is 0 Å². The molecule has 0 saturated heterocycles. The molecule has 0 aromatic rings. The second-order valence-electron chi connectivity index (χ2n) is 5.08. The van der Waals surface area contributed by atoms with E-state index in [9.17, 15) is 4.57 Å². The van der Waals surface area contributed by atoms with Gasteiger partial charge in [-0.1, -0.05) is 60.3 Å². The number of rotatable bonds is 12. The maximum absolute atomic E-state index is 13.4. The molecule has 0 fully saturated rings. The van der Waals surface area contributed by atoms with Gasteiger partial charge in [-0.3, -0.25) is 4.57 Å². The molecule has 0 aromatic heterocycles. The lowest BCUT2D eigenvalue weighted by Gasteiger charge is -2.37. The molecule has 0 heterocycles. The molecule has 0 rings (SSSR count). The van der Waals surface area contributed by atoms with Gasteiger partial charge in [0, 0.05) is 32.3 Å². The van der Waals surface area contributed by atoms with Crippen molar-refractivity contribution in [1.29, 1.82) is 0 Å². The summed E-state index contributed by atoms with van der Waals surface area (Å²) in [7, 11) is -2.32. The highest BCUT2D eigenvalue weighted by molar-refractivity contribution is 7.59. The Morgan fingerprint density at radius 1 is 0.684 bits per heavy atom. The van der Waals surface area contributed by atoms with Gasteiger partial charge in [-0.2, -0.15) is 0 Å². The van der Waals surface area contributed by atoms with Crippen molar-refractivity contribution in [2.24, 2.45) is 0 Å². The normalized spacial score (nSPS) is 12.6. The smallest absolute Gasteiger partial charge is 0.216 e. The van der Waals surface area contributed by atoms with Crippen LogP contribution < -0.4 is 0 Å². The predicted molar refractivity (Wildman–Crippen MR) is 87.1 cm³/mol. The Hall–Kier alpha value is 0.150. The van der Waals surface area contributed by atoms with Gasteiger partial charge in [0.05, 0.1) is 0 Å². The maximum Gasteiger partial charge on any atom is 0.216 e. The fourth-order valence-electron chi connectivity index (χ4n) is 2.71. The van der Waals surface area contributed by atoms with Gasteiger partial charge < -0.3 is 0 Å². The van der Waals surface area contributed by atoms with Crippen molar-refractivity contribution in [3.05, 3.63) is 0 Å². The fourth-order valence-corrected chi connectivity index (χ4v) is 6.04. The lowest BCUT2D eigenvalue weighted by Crippen LogP contribution is -2.33. The van der Waals surface area contributed by atoms with Gasteiger partial charge in [-0.15, -0.1) is 0 Å². The first-order chi connectivity index (χ1) is 9.10. The molecule has 0 unspecified atom stereocenters. The van der Waals surface area contributed by atoms with E-state index in [1.54, 1.807) is 0 Å². The van der Waals surface area contributed by atoms with Crippen LogP contribution in [0.3, 0.4) is 0 Å². The molecule has 0 saturated carbocycles. The Kier molecular flexibility index (Phi) is 11.0. The highest BCUT2D eigenvalue weighted by Gasteiger charge is 2.32. The second-order valence-corrected chi connectivity index (χ2v) is 7.99. The van der Waals surface area contributed by atoms with Crippen LogP contribution in [0.25, 0.3) is 0 Å². The lowest BCUT2D eigenvalue weighted by atomic mass is 10.2. The summed E-state index contributed by atoms with van der Waals surface area (Å²) in [4.78, 5) is 0. The molecule has 0 radical (unpaired) electrons. The highest BCUT2D eigenvalue weighted by atomic mass is 31.2. The van der Waals surface area contributed by atoms with Crippen LogP contribution in [0.1, 0.15) is 66.7 Å². The Balaban J connectivity index is 4.62. The van der Waals surface area contributed by atoms with Gasteiger partial charge in [0.1, 0.15) is 0 Å². The molecule has 0 aliphatic carbocycles. The zero-order chi connectivity index (χ0) is 14.7. The van der Waals surface area contributed by atoms with E-state index in [0.717, 1.165) is 38.8 Å². The zero-order valence-corrected chi connectivity index (χ0v) is 14.7. The third-order valence-electron chi connectivity index (χ3n) is 3.90. The zero-order valence-electron chi connectivity index (χ0n) is 13.8.